The van der Waals surface area contributed by atoms with Gasteiger partial charge in [-0.2, -0.15) is 0 Å². The lowest BCUT2D eigenvalue weighted by Crippen LogP contribution is -2.42. The number of ether oxygens (including phenoxy) is 2. The highest BCUT2D eigenvalue weighted by Gasteiger charge is 2.18. The third-order valence-corrected chi connectivity index (χ3v) is 3.45. The molecule has 19 heavy (non-hydrogen) atoms. The van der Waals surface area contributed by atoms with E-state index in [1.54, 1.807) is 7.11 Å². The molecular weight excluding hydrogens is 242 g/mol. The van der Waals surface area contributed by atoms with Crippen molar-refractivity contribution >= 4 is 0 Å². The first kappa shape index (κ1) is 14.5. The minimum Gasteiger partial charge on any atom is -0.383 e. The Morgan fingerprint density at radius 3 is 3.21 bits per heavy atom. The Balaban J connectivity index is 1.81. The van der Waals surface area contributed by atoms with Crippen LogP contribution in [0, 0.1) is 0 Å². The largest absolute Gasteiger partial charge is 0.383 e. The van der Waals surface area contributed by atoms with E-state index in [0.29, 0.717) is 6.10 Å². The molecule has 2 heterocycles. The van der Waals surface area contributed by atoms with Crippen LogP contribution < -0.4 is 5.32 Å². The summed E-state index contributed by atoms with van der Waals surface area (Å²) < 4.78 is 13.1. The molecule has 2 rings (SSSR count). The highest BCUT2D eigenvalue weighted by molar-refractivity contribution is 5.07. The third kappa shape index (κ3) is 4.62. The Bertz CT molecular complexity index is 367. The van der Waals surface area contributed by atoms with Crippen molar-refractivity contribution in [2.24, 2.45) is 0 Å². The zero-order chi connectivity index (χ0) is 13.5. The number of rotatable bonds is 7. The molecule has 0 bridgehead atoms. The van der Waals surface area contributed by atoms with Crippen molar-refractivity contribution in [3.8, 4) is 0 Å². The fraction of sp³-hybridized carbons (Fsp3) is 0.714. The van der Waals surface area contributed by atoms with Gasteiger partial charge in [0.2, 0.25) is 0 Å². The zero-order valence-corrected chi connectivity index (χ0v) is 12.0. The molecule has 1 fully saturated rings. The van der Waals surface area contributed by atoms with Crippen molar-refractivity contribution in [1.29, 1.82) is 0 Å². The van der Waals surface area contributed by atoms with Crippen molar-refractivity contribution in [3.63, 3.8) is 0 Å². The van der Waals surface area contributed by atoms with Crippen molar-refractivity contribution in [2.75, 3.05) is 47.0 Å². The molecule has 1 N–H and O–H groups in total. The van der Waals surface area contributed by atoms with Crippen LogP contribution in [0.25, 0.3) is 0 Å². The minimum absolute atomic E-state index is 0.295. The van der Waals surface area contributed by atoms with Gasteiger partial charge < -0.3 is 24.3 Å². The summed E-state index contributed by atoms with van der Waals surface area (Å²) in [5.74, 6) is 0. The Hall–Kier alpha value is -0.880. The van der Waals surface area contributed by atoms with E-state index < -0.39 is 0 Å². The Morgan fingerprint density at radius 1 is 1.53 bits per heavy atom. The predicted molar refractivity (Wildman–Crippen MR) is 75.3 cm³/mol. The fourth-order valence-corrected chi connectivity index (χ4v) is 2.38. The van der Waals surface area contributed by atoms with Crippen LogP contribution in [0.2, 0.25) is 0 Å². The van der Waals surface area contributed by atoms with Crippen LogP contribution in [0.5, 0.6) is 0 Å². The maximum Gasteiger partial charge on any atom is 0.0880 e. The maximum atomic E-state index is 5.82. The lowest BCUT2D eigenvalue weighted by atomic mass is 10.2. The third-order valence-electron chi connectivity index (χ3n) is 3.45. The van der Waals surface area contributed by atoms with Gasteiger partial charge in [-0.15, -0.1) is 0 Å². The summed E-state index contributed by atoms with van der Waals surface area (Å²) in [5, 5.41) is 3.38. The van der Waals surface area contributed by atoms with Crippen LogP contribution in [0.4, 0.5) is 0 Å². The minimum atomic E-state index is 0.295. The van der Waals surface area contributed by atoms with E-state index in [2.05, 4.69) is 40.2 Å². The van der Waals surface area contributed by atoms with Gasteiger partial charge in [0.15, 0.2) is 0 Å². The maximum absolute atomic E-state index is 5.82. The van der Waals surface area contributed by atoms with E-state index in [1.807, 2.05) is 0 Å². The second kappa shape index (κ2) is 7.65. The topological polar surface area (TPSA) is 38.7 Å². The first-order valence-corrected chi connectivity index (χ1v) is 6.93. The lowest BCUT2D eigenvalue weighted by Gasteiger charge is -2.30. The molecule has 0 aliphatic carbocycles. The molecular formula is C14H25N3O2. The van der Waals surface area contributed by atoms with Gasteiger partial charge in [-0.1, -0.05) is 0 Å². The van der Waals surface area contributed by atoms with Crippen LogP contribution in [0.3, 0.4) is 0 Å². The van der Waals surface area contributed by atoms with E-state index in [9.17, 15) is 0 Å². The highest BCUT2D eigenvalue weighted by atomic mass is 16.5. The molecule has 0 saturated carbocycles. The molecule has 1 aliphatic rings. The molecule has 1 aliphatic heterocycles. The number of nitrogens with zero attached hydrogens (tertiary/aromatic N) is 2. The summed E-state index contributed by atoms with van der Waals surface area (Å²) in [6.07, 6.45) is 2.43. The number of methoxy groups -OCH3 is 1. The van der Waals surface area contributed by atoms with Gasteiger partial charge in [0.05, 0.1) is 19.3 Å². The molecule has 0 radical (unpaired) electrons. The number of morpholine rings is 1. The lowest BCUT2D eigenvalue weighted by molar-refractivity contribution is -0.0277. The fourth-order valence-electron chi connectivity index (χ4n) is 2.38. The second-order valence-electron chi connectivity index (χ2n) is 5.08. The van der Waals surface area contributed by atoms with E-state index in [4.69, 9.17) is 9.47 Å². The Morgan fingerprint density at radius 2 is 2.42 bits per heavy atom. The number of likely N-dealkylation sites (N-methyl/N-ethyl adjacent to an activating group) is 1. The highest BCUT2D eigenvalue weighted by Crippen LogP contribution is 2.09. The molecule has 0 aromatic carbocycles. The van der Waals surface area contributed by atoms with Gasteiger partial charge in [-0.25, -0.2) is 0 Å². The van der Waals surface area contributed by atoms with Crippen molar-refractivity contribution < 1.29 is 9.47 Å². The van der Waals surface area contributed by atoms with Gasteiger partial charge in [0.25, 0.3) is 0 Å². The first-order valence-electron chi connectivity index (χ1n) is 6.93. The van der Waals surface area contributed by atoms with Crippen LogP contribution in [0.15, 0.2) is 18.3 Å². The first-order chi connectivity index (χ1) is 9.29. The van der Waals surface area contributed by atoms with Gasteiger partial charge in [0, 0.05) is 51.7 Å². The van der Waals surface area contributed by atoms with Crippen molar-refractivity contribution in [2.45, 2.75) is 19.2 Å². The summed E-state index contributed by atoms with van der Waals surface area (Å²) >= 11 is 0. The van der Waals surface area contributed by atoms with E-state index in [0.717, 1.165) is 45.9 Å². The number of aromatic nitrogens is 1. The predicted octanol–water partition coefficient (Wildman–Crippen LogP) is 0.555. The number of hydrogen-bond donors (Lipinski definition) is 1. The summed E-state index contributed by atoms with van der Waals surface area (Å²) in [6.45, 7) is 6.31. The Labute approximate surface area is 115 Å². The van der Waals surface area contributed by atoms with Crippen molar-refractivity contribution in [3.05, 3.63) is 24.0 Å². The molecule has 1 aromatic heterocycles. The molecule has 0 spiro atoms. The van der Waals surface area contributed by atoms with E-state index in [-0.39, 0.29) is 0 Å². The van der Waals surface area contributed by atoms with Crippen LogP contribution >= 0.6 is 0 Å². The SMILES string of the molecule is COCCNCc1cccn1CC1CN(C)CCO1. The average molecular weight is 267 g/mol. The summed E-state index contributed by atoms with van der Waals surface area (Å²) in [5.41, 5.74) is 1.30. The molecule has 1 aromatic rings. The summed E-state index contributed by atoms with van der Waals surface area (Å²) in [7, 11) is 3.87. The number of hydrogen-bond acceptors (Lipinski definition) is 4. The molecule has 5 heteroatoms. The average Bonchev–Trinajstić information content (AvgIpc) is 2.82. The van der Waals surface area contributed by atoms with E-state index >= 15 is 0 Å². The smallest absolute Gasteiger partial charge is 0.0880 e. The van der Waals surface area contributed by atoms with Gasteiger partial charge in [-0.05, 0) is 19.2 Å². The van der Waals surface area contributed by atoms with Crippen LogP contribution in [0.1, 0.15) is 5.69 Å². The van der Waals surface area contributed by atoms with Crippen LogP contribution in [-0.4, -0.2) is 62.6 Å². The van der Waals surface area contributed by atoms with Crippen molar-refractivity contribution in [1.82, 2.24) is 14.8 Å². The molecule has 5 nitrogen and oxygen atoms in total. The van der Waals surface area contributed by atoms with Crippen LogP contribution in [-0.2, 0) is 22.6 Å². The molecule has 1 unspecified atom stereocenters. The normalized spacial score (nSPS) is 20.8. The van der Waals surface area contributed by atoms with Gasteiger partial charge in [-0.3, -0.25) is 0 Å². The zero-order valence-electron chi connectivity index (χ0n) is 12.0. The number of nitrogens with one attached hydrogen (secondary N) is 1. The molecule has 108 valence electrons. The summed E-state index contributed by atoms with van der Waals surface area (Å²) in [6, 6.07) is 4.26. The molecule has 0 amide bonds. The second-order valence-corrected chi connectivity index (χ2v) is 5.08. The van der Waals surface area contributed by atoms with Gasteiger partial charge >= 0.3 is 0 Å². The van der Waals surface area contributed by atoms with Gasteiger partial charge in [0.1, 0.15) is 0 Å². The summed E-state index contributed by atoms with van der Waals surface area (Å²) in [4.78, 5) is 2.33. The Kier molecular flexibility index (Phi) is 5.85. The standard InChI is InChI=1S/C14H25N3O2/c1-16-7-9-19-14(11-16)12-17-6-3-4-13(17)10-15-5-8-18-2/h3-4,6,14-15H,5,7-12H2,1-2H3. The quantitative estimate of drug-likeness (QED) is 0.733. The molecule has 1 atom stereocenters. The van der Waals surface area contributed by atoms with E-state index in [1.165, 1.54) is 5.69 Å². The monoisotopic (exact) mass is 267 g/mol. The molecule has 1 saturated heterocycles.